The summed E-state index contributed by atoms with van der Waals surface area (Å²) in [4.78, 5) is 12.7. The van der Waals surface area contributed by atoms with E-state index >= 15 is 0 Å². The van der Waals surface area contributed by atoms with Crippen molar-refractivity contribution in [3.05, 3.63) is 58.1 Å². The van der Waals surface area contributed by atoms with Gasteiger partial charge in [-0.2, -0.15) is 13.5 Å². The lowest BCUT2D eigenvalue weighted by Gasteiger charge is -2.10. The zero-order valence-electron chi connectivity index (χ0n) is 14.1. The van der Waals surface area contributed by atoms with Crippen LogP contribution in [-0.2, 0) is 10.0 Å². The van der Waals surface area contributed by atoms with Gasteiger partial charge in [0.15, 0.2) is 5.75 Å². The molecular formula is C16H17N3O6S. The molecule has 0 aliphatic rings. The number of rotatable bonds is 8. The van der Waals surface area contributed by atoms with Gasteiger partial charge in [0.2, 0.25) is 5.75 Å². The Labute approximate surface area is 150 Å². The van der Waals surface area contributed by atoms with Crippen molar-refractivity contribution in [3.8, 4) is 11.5 Å². The third-order valence-corrected chi connectivity index (χ3v) is 4.44. The van der Waals surface area contributed by atoms with Crippen LogP contribution in [0.15, 0.2) is 52.5 Å². The molecule has 0 aliphatic carbocycles. The minimum Gasteiger partial charge on any atom is -0.490 e. The maximum atomic E-state index is 12.1. The maximum absolute atomic E-state index is 12.1. The molecule has 0 fully saturated rings. The van der Waals surface area contributed by atoms with Crippen molar-refractivity contribution < 1.29 is 22.8 Å². The minimum atomic E-state index is -3.83. The second kappa shape index (κ2) is 8.30. The van der Waals surface area contributed by atoms with Crippen LogP contribution in [0, 0.1) is 10.1 Å². The van der Waals surface area contributed by atoms with Crippen molar-refractivity contribution in [1.82, 2.24) is 4.83 Å². The standard InChI is InChI=1S/C16H17N3O6S/c1-3-25-15-10-12(9-14(19(20)21)16(15)24-2)11-17-18-26(22,23)13-7-5-4-6-8-13/h4-11,18H,3H2,1-2H3/b17-11+. The van der Waals surface area contributed by atoms with E-state index < -0.39 is 14.9 Å². The molecule has 0 amide bonds. The van der Waals surface area contributed by atoms with Crippen LogP contribution >= 0.6 is 0 Å². The largest absolute Gasteiger partial charge is 0.490 e. The molecule has 0 spiro atoms. The van der Waals surface area contributed by atoms with E-state index in [1.54, 1.807) is 25.1 Å². The molecule has 10 heteroatoms. The summed E-state index contributed by atoms with van der Waals surface area (Å²) < 4.78 is 34.6. The topological polar surface area (TPSA) is 120 Å². The molecule has 0 saturated heterocycles. The molecule has 0 bridgehead atoms. The summed E-state index contributed by atoms with van der Waals surface area (Å²) in [7, 11) is -2.53. The molecule has 0 saturated carbocycles. The number of methoxy groups -OCH3 is 1. The number of nitro benzene ring substituents is 1. The molecular weight excluding hydrogens is 362 g/mol. The number of ether oxygens (including phenoxy) is 2. The molecule has 2 aromatic rings. The molecule has 0 aromatic heterocycles. The fourth-order valence-electron chi connectivity index (χ4n) is 2.11. The van der Waals surface area contributed by atoms with Gasteiger partial charge in [-0.1, -0.05) is 18.2 Å². The lowest BCUT2D eigenvalue weighted by Crippen LogP contribution is -2.18. The van der Waals surface area contributed by atoms with Gasteiger partial charge in [0.05, 0.1) is 29.8 Å². The average molecular weight is 379 g/mol. The van der Waals surface area contributed by atoms with E-state index in [1.807, 2.05) is 0 Å². The molecule has 138 valence electrons. The molecule has 1 N–H and O–H groups in total. The first-order chi connectivity index (χ1) is 12.4. The Morgan fingerprint density at radius 1 is 1.27 bits per heavy atom. The number of sulfonamides is 1. The molecule has 0 unspecified atom stereocenters. The third kappa shape index (κ3) is 4.48. The van der Waals surface area contributed by atoms with Crippen LogP contribution in [0.1, 0.15) is 12.5 Å². The second-order valence-electron chi connectivity index (χ2n) is 4.93. The zero-order valence-corrected chi connectivity index (χ0v) is 14.9. The number of nitro groups is 1. The Kier molecular flexibility index (Phi) is 6.12. The fraction of sp³-hybridized carbons (Fsp3) is 0.188. The first-order valence-electron chi connectivity index (χ1n) is 7.48. The maximum Gasteiger partial charge on any atom is 0.315 e. The van der Waals surface area contributed by atoms with E-state index in [0.29, 0.717) is 0 Å². The minimum absolute atomic E-state index is 0.0149. The normalized spacial score (nSPS) is 11.3. The summed E-state index contributed by atoms with van der Waals surface area (Å²) in [5.41, 5.74) is -0.0393. The van der Waals surface area contributed by atoms with Gasteiger partial charge < -0.3 is 9.47 Å². The number of hydrazone groups is 1. The van der Waals surface area contributed by atoms with Crippen molar-refractivity contribution in [2.75, 3.05) is 13.7 Å². The zero-order chi connectivity index (χ0) is 19.2. The molecule has 0 atom stereocenters. The summed E-state index contributed by atoms with van der Waals surface area (Å²) in [6.07, 6.45) is 1.15. The van der Waals surface area contributed by atoms with Gasteiger partial charge in [0.1, 0.15) is 0 Å². The van der Waals surface area contributed by atoms with Gasteiger partial charge in [-0.25, -0.2) is 4.83 Å². The Balaban J connectivity index is 2.31. The molecule has 0 heterocycles. The van der Waals surface area contributed by atoms with Crippen LogP contribution in [-0.4, -0.2) is 33.3 Å². The van der Waals surface area contributed by atoms with Gasteiger partial charge >= 0.3 is 5.69 Å². The van der Waals surface area contributed by atoms with E-state index in [-0.39, 0.29) is 34.3 Å². The first kappa shape index (κ1) is 19.2. The number of hydrogen-bond acceptors (Lipinski definition) is 7. The SMILES string of the molecule is CCOc1cc(/C=N/NS(=O)(=O)c2ccccc2)cc([N+](=O)[O-])c1OC. The summed E-state index contributed by atoms with van der Waals surface area (Å²) in [5.74, 6) is 0.149. The third-order valence-electron chi connectivity index (χ3n) is 3.20. The highest BCUT2D eigenvalue weighted by atomic mass is 32.2. The number of benzene rings is 2. The van der Waals surface area contributed by atoms with Crippen LogP contribution in [0.25, 0.3) is 0 Å². The van der Waals surface area contributed by atoms with Crippen molar-refractivity contribution in [2.24, 2.45) is 5.10 Å². The average Bonchev–Trinajstić information content (AvgIpc) is 2.62. The van der Waals surface area contributed by atoms with E-state index in [2.05, 4.69) is 9.93 Å². The van der Waals surface area contributed by atoms with Crippen molar-refractivity contribution in [2.45, 2.75) is 11.8 Å². The summed E-state index contributed by atoms with van der Waals surface area (Å²) in [6.45, 7) is 1.99. The predicted octanol–water partition coefficient (Wildman–Crippen LogP) is 2.31. The highest BCUT2D eigenvalue weighted by Gasteiger charge is 2.21. The highest BCUT2D eigenvalue weighted by Crippen LogP contribution is 2.37. The lowest BCUT2D eigenvalue weighted by atomic mass is 10.2. The van der Waals surface area contributed by atoms with E-state index in [0.717, 1.165) is 6.21 Å². The molecule has 2 aromatic carbocycles. The van der Waals surface area contributed by atoms with E-state index in [9.17, 15) is 18.5 Å². The number of nitrogens with zero attached hydrogens (tertiary/aromatic N) is 2. The monoisotopic (exact) mass is 379 g/mol. The molecule has 9 nitrogen and oxygen atoms in total. The van der Waals surface area contributed by atoms with E-state index in [4.69, 9.17) is 9.47 Å². The second-order valence-corrected chi connectivity index (χ2v) is 6.59. The Hall–Kier alpha value is -3.14. The van der Waals surface area contributed by atoms with Crippen LogP contribution in [0.3, 0.4) is 0 Å². The lowest BCUT2D eigenvalue weighted by molar-refractivity contribution is -0.385. The van der Waals surface area contributed by atoms with Gasteiger partial charge in [-0.05, 0) is 25.1 Å². The highest BCUT2D eigenvalue weighted by molar-refractivity contribution is 7.89. The fourth-order valence-corrected chi connectivity index (χ4v) is 2.92. The van der Waals surface area contributed by atoms with Gasteiger partial charge in [-0.15, -0.1) is 0 Å². The number of nitrogens with one attached hydrogen (secondary N) is 1. The van der Waals surface area contributed by atoms with Gasteiger partial charge in [0.25, 0.3) is 10.0 Å². The van der Waals surface area contributed by atoms with Crippen LogP contribution in [0.5, 0.6) is 11.5 Å². The van der Waals surface area contributed by atoms with Crippen molar-refractivity contribution in [1.29, 1.82) is 0 Å². The first-order valence-corrected chi connectivity index (χ1v) is 8.96. The molecule has 0 aliphatic heterocycles. The Morgan fingerprint density at radius 2 is 1.96 bits per heavy atom. The molecule has 2 rings (SSSR count). The van der Waals surface area contributed by atoms with Crippen molar-refractivity contribution >= 4 is 21.9 Å². The Morgan fingerprint density at radius 3 is 2.54 bits per heavy atom. The van der Waals surface area contributed by atoms with Gasteiger partial charge in [-0.3, -0.25) is 10.1 Å². The summed E-state index contributed by atoms with van der Waals surface area (Å²) in [5, 5.41) is 14.9. The quantitative estimate of drug-likeness (QED) is 0.427. The van der Waals surface area contributed by atoms with Gasteiger partial charge in [0, 0.05) is 11.6 Å². The molecule has 26 heavy (non-hydrogen) atoms. The Bertz CT molecular complexity index is 913. The molecule has 0 radical (unpaired) electrons. The van der Waals surface area contributed by atoms with Crippen LogP contribution < -0.4 is 14.3 Å². The summed E-state index contributed by atoms with van der Waals surface area (Å²) in [6, 6.07) is 10.4. The predicted molar refractivity (Wildman–Crippen MR) is 95.2 cm³/mol. The number of hydrogen-bond donors (Lipinski definition) is 1. The van der Waals surface area contributed by atoms with Crippen molar-refractivity contribution in [3.63, 3.8) is 0 Å². The smallest absolute Gasteiger partial charge is 0.315 e. The van der Waals surface area contributed by atoms with Crippen LogP contribution in [0.2, 0.25) is 0 Å². The van der Waals surface area contributed by atoms with E-state index in [1.165, 1.54) is 31.4 Å². The van der Waals surface area contributed by atoms with Crippen LogP contribution in [0.4, 0.5) is 5.69 Å². The summed E-state index contributed by atoms with van der Waals surface area (Å²) >= 11 is 0.